The molecule has 0 fully saturated rings. The van der Waals surface area contributed by atoms with Crippen LogP contribution in [-0.4, -0.2) is 33.2 Å². The molecule has 0 aliphatic carbocycles. The molecule has 2 rings (SSSR count). The molecular weight excluding hydrogens is 242 g/mol. The van der Waals surface area contributed by atoms with E-state index in [0.29, 0.717) is 6.42 Å². The zero-order valence-electron chi connectivity index (χ0n) is 11.2. The minimum atomic E-state index is -0.354. The maximum absolute atomic E-state index is 12.1. The standard InChI is InChI=1S/C14H19N3O2/c1-3-11(8-18)16-14(19)10(2)17-9-15-12-6-4-5-7-13(12)17/h4-7,9-11,18H,3,8H2,1-2H3,(H,16,19)/t10?,11-/m0/s1. The van der Waals surface area contributed by atoms with E-state index in [1.807, 2.05) is 42.7 Å². The minimum Gasteiger partial charge on any atom is -0.394 e. The summed E-state index contributed by atoms with van der Waals surface area (Å²) in [6, 6.07) is 7.16. The molecule has 0 bridgehead atoms. The van der Waals surface area contributed by atoms with Gasteiger partial charge in [0.05, 0.1) is 30.0 Å². The number of hydrogen-bond donors (Lipinski definition) is 2. The third-order valence-electron chi connectivity index (χ3n) is 3.34. The second-order valence-electron chi connectivity index (χ2n) is 4.61. The number of hydrogen-bond acceptors (Lipinski definition) is 3. The number of aliphatic hydroxyl groups is 1. The fourth-order valence-electron chi connectivity index (χ4n) is 2.01. The van der Waals surface area contributed by atoms with E-state index in [2.05, 4.69) is 10.3 Å². The smallest absolute Gasteiger partial charge is 0.243 e. The Bertz CT molecular complexity index is 561. The van der Waals surface area contributed by atoms with Gasteiger partial charge in [0.2, 0.25) is 5.91 Å². The Morgan fingerprint density at radius 2 is 2.21 bits per heavy atom. The van der Waals surface area contributed by atoms with E-state index in [0.717, 1.165) is 11.0 Å². The lowest BCUT2D eigenvalue weighted by Gasteiger charge is -2.19. The second kappa shape index (κ2) is 5.84. The molecule has 1 aromatic carbocycles. The monoisotopic (exact) mass is 261 g/mol. The Kier molecular flexibility index (Phi) is 4.16. The maximum Gasteiger partial charge on any atom is 0.243 e. The van der Waals surface area contributed by atoms with Crippen molar-refractivity contribution >= 4 is 16.9 Å². The molecule has 2 N–H and O–H groups in total. The number of nitrogens with zero attached hydrogens (tertiary/aromatic N) is 2. The van der Waals surface area contributed by atoms with E-state index in [1.165, 1.54) is 0 Å². The molecule has 0 spiro atoms. The van der Waals surface area contributed by atoms with Gasteiger partial charge in [0, 0.05) is 0 Å². The Labute approximate surface area is 112 Å². The van der Waals surface area contributed by atoms with Gasteiger partial charge in [0.1, 0.15) is 6.04 Å². The predicted molar refractivity (Wildman–Crippen MR) is 73.8 cm³/mol. The summed E-state index contributed by atoms with van der Waals surface area (Å²) in [6.07, 6.45) is 2.38. The normalized spacial score (nSPS) is 14.3. The van der Waals surface area contributed by atoms with Crippen LogP contribution in [0, 0.1) is 0 Å². The lowest BCUT2D eigenvalue weighted by molar-refractivity contribution is -0.124. The van der Waals surface area contributed by atoms with Gasteiger partial charge >= 0.3 is 0 Å². The molecule has 1 unspecified atom stereocenters. The van der Waals surface area contributed by atoms with Crippen molar-refractivity contribution in [3.8, 4) is 0 Å². The summed E-state index contributed by atoms with van der Waals surface area (Å²) in [5.41, 5.74) is 1.80. The van der Waals surface area contributed by atoms with Gasteiger partial charge in [-0.2, -0.15) is 0 Å². The highest BCUT2D eigenvalue weighted by molar-refractivity contribution is 5.83. The van der Waals surface area contributed by atoms with Gasteiger partial charge in [-0.25, -0.2) is 4.98 Å². The van der Waals surface area contributed by atoms with Crippen LogP contribution in [0.5, 0.6) is 0 Å². The van der Waals surface area contributed by atoms with Gasteiger partial charge in [-0.05, 0) is 25.5 Å². The summed E-state index contributed by atoms with van der Waals surface area (Å²) < 4.78 is 1.84. The third-order valence-corrected chi connectivity index (χ3v) is 3.34. The van der Waals surface area contributed by atoms with Crippen LogP contribution >= 0.6 is 0 Å². The average molecular weight is 261 g/mol. The van der Waals surface area contributed by atoms with Crippen molar-refractivity contribution in [2.24, 2.45) is 0 Å². The van der Waals surface area contributed by atoms with E-state index < -0.39 is 0 Å². The van der Waals surface area contributed by atoms with Crippen molar-refractivity contribution in [3.05, 3.63) is 30.6 Å². The number of aromatic nitrogens is 2. The molecular formula is C14H19N3O2. The number of carbonyl (C=O) groups excluding carboxylic acids is 1. The fraction of sp³-hybridized carbons (Fsp3) is 0.429. The van der Waals surface area contributed by atoms with Crippen LogP contribution in [0.2, 0.25) is 0 Å². The highest BCUT2D eigenvalue weighted by Gasteiger charge is 2.19. The quantitative estimate of drug-likeness (QED) is 0.856. The van der Waals surface area contributed by atoms with Gasteiger partial charge in [-0.15, -0.1) is 0 Å². The highest BCUT2D eigenvalue weighted by atomic mass is 16.3. The first kappa shape index (κ1) is 13.5. The largest absolute Gasteiger partial charge is 0.394 e. The fourth-order valence-corrected chi connectivity index (χ4v) is 2.01. The number of fused-ring (bicyclic) bond motifs is 1. The second-order valence-corrected chi connectivity index (χ2v) is 4.61. The molecule has 2 atom stereocenters. The number of aliphatic hydroxyl groups excluding tert-OH is 1. The molecule has 5 heteroatoms. The van der Waals surface area contributed by atoms with Crippen LogP contribution in [0.15, 0.2) is 30.6 Å². The van der Waals surface area contributed by atoms with Gasteiger partial charge in [-0.3, -0.25) is 4.79 Å². The van der Waals surface area contributed by atoms with Gasteiger partial charge in [-0.1, -0.05) is 19.1 Å². The molecule has 102 valence electrons. The number of benzene rings is 1. The van der Waals surface area contributed by atoms with Crippen LogP contribution in [0.3, 0.4) is 0 Å². The molecule has 1 amide bonds. The molecule has 0 saturated carbocycles. The molecule has 0 aliphatic heterocycles. The predicted octanol–water partition coefficient (Wildman–Crippen LogP) is 1.48. The van der Waals surface area contributed by atoms with E-state index in [1.54, 1.807) is 6.33 Å². The van der Waals surface area contributed by atoms with Crippen LogP contribution in [0.4, 0.5) is 0 Å². The summed E-state index contributed by atoms with van der Waals surface area (Å²) in [5, 5.41) is 12.0. The summed E-state index contributed by atoms with van der Waals surface area (Å²) in [6.45, 7) is 3.71. The van der Waals surface area contributed by atoms with Gasteiger partial charge in [0.15, 0.2) is 0 Å². The Morgan fingerprint density at radius 3 is 2.89 bits per heavy atom. The van der Waals surface area contributed by atoms with Crippen molar-refractivity contribution < 1.29 is 9.90 Å². The number of amides is 1. The van der Waals surface area contributed by atoms with Crippen molar-refractivity contribution in [1.82, 2.24) is 14.9 Å². The lowest BCUT2D eigenvalue weighted by atomic mass is 10.2. The number of rotatable bonds is 5. The van der Waals surface area contributed by atoms with Crippen molar-refractivity contribution in [1.29, 1.82) is 0 Å². The van der Waals surface area contributed by atoms with Crippen LogP contribution in [-0.2, 0) is 4.79 Å². The molecule has 0 saturated heterocycles. The van der Waals surface area contributed by atoms with Crippen molar-refractivity contribution in [3.63, 3.8) is 0 Å². The van der Waals surface area contributed by atoms with Crippen molar-refractivity contribution in [2.45, 2.75) is 32.4 Å². The first-order valence-corrected chi connectivity index (χ1v) is 6.50. The Balaban J connectivity index is 2.19. The maximum atomic E-state index is 12.1. The Hall–Kier alpha value is -1.88. The topological polar surface area (TPSA) is 67.2 Å². The van der Waals surface area contributed by atoms with Crippen molar-refractivity contribution in [2.75, 3.05) is 6.61 Å². The molecule has 19 heavy (non-hydrogen) atoms. The number of carbonyl (C=O) groups is 1. The summed E-state index contributed by atoms with van der Waals surface area (Å²) in [7, 11) is 0. The Morgan fingerprint density at radius 1 is 1.47 bits per heavy atom. The van der Waals surface area contributed by atoms with Crippen LogP contribution in [0.25, 0.3) is 11.0 Å². The zero-order valence-corrected chi connectivity index (χ0v) is 11.2. The van der Waals surface area contributed by atoms with E-state index in [9.17, 15) is 4.79 Å². The molecule has 2 aromatic rings. The minimum absolute atomic E-state index is 0.0420. The summed E-state index contributed by atoms with van der Waals surface area (Å²) in [5.74, 6) is -0.107. The van der Waals surface area contributed by atoms with Gasteiger partial charge in [0.25, 0.3) is 0 Å². The molecule has 1 heterocycles. The molecule has 0 radical (unpaired) electrons. The average Bonchev–Trinajstić information content (AvgIpc) is 2.87. The zero-order chi connectivity index (χ0) is 13.8. The molecule has 5 nitrogen and oxygen atoms in total. The van der Waals surface area contributed by atoms with E-state index >= 15 is 0 Å². The van der Waals surface area contributed by atoms with Crippen LogP contribution in [0.1, 0.15) is 26.3 Å². The number of nitrogens with one attached hydrogen (secondary N) is 1. The summed E-state index contributed by atoms with van der Waals surface area (Å²) >= 11 is 0. The molecule has 0 aliphatic rings. The van der Waals surface area contributed by atoms with Gasteiger partial charge < -0.3 is 15.0 Å². The summed E-state index contributed by atoms with van der Waals surface area (Å²) in [4.78, 5) is 16.4. The SMILES string of the molecule is CC[C@@H](CO)NC(=O)C(C)n1cnc2ccccc21. The lowest BCUT2D eigenvalue weighted by Crippen LogP contribution is -2.40. The van der Waals surface area contributed by atoms with E-state index in [-0.39, 0.29) is 24.6 Å². The van der Waals surface area contributed by atoms with Crippen LogP contribution < -0.4 is 5.32 Å². The third kappa shape index (κ3) is 2.76. The first-order valence-electron chi connectivity index (χ1n) is 6.50. The van der Waals surface area contributed by atoms with E-state index in [4.69, 9.17) is 5.11 Å². The number of para-hydroxylation sites is 2. The first-order chi connectivity index (χ1) is 9.17. The molecule has 1 aromatic heterocycles. The highest BCUT2D eigenvalue weighted by Crippen LogP contribution is 2.17. The number of imidazole rings is 1.